The van der Waals surface area contributed by atoms with Crippen LogP contribution in [-0.4, -0.2) is 21.9 Å². The molecule has 0 unspecified atom stereocenters. The van der Waals surface area contributed by atoms with Crippen LogP contribution in [0, 0.1) is 23.1 Å². The van der Waals surface area contributed by atoms with E-state index in [1.165, 1.54) is 30.5 Å². The largest absolute Gasteiger partial charge is 0.269 e. The van der Waals surface area contributed by atoms with Crippen molar-refractivity contribution in [2.45, 2.75) is 32.2 Å². The molecule has 0 bridgehead atoms. The zero-order valence-electron chi connectivity index (χ0n) is 14.1. The van der Waals surface area contributed by atoms with Crippen molar-refractivity contribution in [3.8, 4) is 6.07 Å². The van der Waals surface area contributed by atoms with Gasteiger partial charge in [0.05, 0.1) is 10.5 Å². The maximum Gasteiger partial charge on any atom is 0.269 e. The molecule has 2 atom stereocenters. The summed E-state index contributed by atoms with van der Waals surface area (Å²) in [5.41, 5.74) is 3.22. The number of nitrogens with one attached hydrogen (secondary N) is 1. The Morgan fingerprint density at radius 1 is 1.38 bits per heavy atom. The van der Waals surface area contributed by atoms with Crippen molar-refractivity contribution in [3.05, 3.63) is 52.1 Å². The molecular weight excluding hydrogens is 401 g/mol. The summed E-state index contributed by atoms with van der Waals surface area (Å²) in [4.78, 5) is 20.9. The van der Waals surface area contributed by atoms with Crippen LogP contribution in [0.1, 0.15) is 42.4 Å². The van der Waals surface area contributed by atoms with E-state index in [2.05, 4.69) is 38.2 Å². The van der Waals surface area contributed by atoms with Gasteiger partial charge < -0.3 is 0 Å². The highest BCUT2D eigenvalue weighted by Gasteiger charge is 2.32. The van der Waals surface area contributed by atoms with E-state index in [4.69, 9.17) is 5.26 Å². The van der Waals surface area contributed by atoms with Crippen molar-refractivity contribution in [3.63, 3.8) is 0 Å². The van der Waals surface area contributed by atoms with E-state index in [0.717, 1.165) is 19.3 Å². The van der Waals surface area contributed by atoms with E-state index >= 15 is 0 Å². The first-order chi connectivity index (χ1) is 12.5. The van der Waals surface area contributed by atoms with Crippen LogP contribution in [0.4, 0.5) is 10.2 Å². The molecule has 134 valence electrons. The van der Waals surface area contributed by atoms with Crippen molar-refractivity contribution in [1.29, 1.82) is 5.26 Å². The molecule has 1 N–H and O–H groups in total. The van der Waals surface area contributed by atoms with Crippen molar-refractivity contribution in [1.82, 2.24) is 15.4 Å². The molecule has 1 aliphatic rings. The Kier molecular flexibility index (Phi) is 5.47. The molecule has 6 nitrogen and oxygen atoms in total. The van der Waals surface area contributed by atoms with Crippen LogP contribution in [0.2, 0.25) is 0 Å². The number of hydrogen-bond acceptors (Lipinski definition) is 5. The second kappa shape index (κ2) is 7.79. The van der Waals surface area contributed by atoms with Crippen molar-refractivity contribution in [2.24, 2.45) is 5.92 Å². The molecule has 1 fully saturated rings. The molecular formula is C18H17BrFN5O. The molecule has 0 aliphatic heterocycles. The summed E-state index contributed by atoms with van der Waals surface area (Å²) in [6, 6.07) is 7.30. The first-order valence-corrected chi connectivity index (χ1v) is 9.07. The lowest BCUT2D eigenvalue weighted by atomic mass is 10.1. The first kappa shape index (κ1) is 18.3. The maximum absolute atomic E-state index is 13.1. The third-order valence-electron chi connectivity index (χ3n) is 4.53. The van der Waals surface area contributed by atoms with Crippen LogP contribution < -0.4 is 10.4 Å². The van der Waals surface area contributed by atoms with Crippen molar-refractivity contribution < 1.29 is 9.18 Å². The van der Waals surface area contributed by atoms with E-state index in [-0.39, 0.29) is 17.8 Å². The molecule has 8 heteroatoms. The predicted molar refractivity (Wildman–Crippen MR) is 97.6 cm³/mol. The number of anilines is 1. The summed E-state index contributed by atoms with van der Waals surface area (Å²) in [6.45, 7) is 2.12. The van der Waals surface area contributed by atoms with Gasteiger partial charge in [0.1, 0.15) is 11.9 Å². The van der Waals surface area contributed by atoms with Gasteiger partial charge in [0.15, 0.2) is 5.82 Å². The summed E-state index contributed by atoms with van der Waals surface area (Å²) < 4.78 is 13.7. The van der Waals surface area contributed by atoms with Crippen molar-refractivity contribution >= 4 is 27.7 Å². The smallest absolute Gasteiger partial charge is 0.267 e. The zero-order valence-corrected chi connectivity index (χ0v) is 15.7. The second-order valence-corrected chi connectivity index (χ2v) is 7.12. The molecule has 1 aromatic carbocycles. The highest BCUT2D eigenvalue weighted by Crippen LogP contribution is 2.33. The third-order valence-corrected chi connectivity index (χ3v) is 5.09. The monoisotopic (exact) mass is 417 g/mol. The zero-order chi connectivity index (χ0) is 18.7. The van der Waals surface area contributed by atoms with Gasteiger partial charge in [0, 0.05) is 11.8 Å². The summed E-state index contributed by atoms with van der Waals surface area (Å²) in [7, 11) is 0. The fourth-order valence-corrected chi connectivity index (χ4v) is 3.54. The number of halogens is 2. The quantitative estimate of drug-likeness (QED) is 0.768. The third kappa shape index (κ3) is 3.83. The van der Waals surface area contributed by atoms with Crippen LogP contribution in [0.3, 0.4) is 0 Å². The van der Waals surface area contributed by atoms with Crippen LogP contribution in [-0.2, 0) is 0 Å². The van der Waals surface area contributed by atoms with Crippen LogP contribution in [0.25, 0.3) is 0 Å². The number of aromatic nitrogens is 2. The number of rotatable bonds is 4. The van der Waals surface area contributed by atoms with Gasteiger partial charge in [-0.05, 0) is 59.0 Å². The Morgan fingerprint density at radius 2 is 2.12 bits per heavy atom. The summed E-state index contributed by atoms with van der Waals surface area (Å²) in [6.07, 6.45) is 4.48. The van der Waals surface area contributed by atoms with Gasteiger partial charge in [0.2, 0.25) is 5.82 Å². The fourth-order valence-electron chi connectivity index (χ4n) is 3.16. The van der Waals surface area contributed by atoms with E-state index in [9.17, 15) is 9.18 Å². The van der Waals surface area contributed by atoms with Gasteiger partial charge in [-0.3, -0.25) is 15.2 Å². The molecule has 3 rings (SSSR count). The standard InChI is InChI=1S/C18H17BrFN5O/c1-11-3-2-4-15(11)25(17-14(19)10-22-16(9-21)23-17)24-18(26)12-5-7-13(20)8-6-12/h5-8,10-11,15H,2-4H2,1H3,(H,24,26)/t11-,15+/m0/s1. The molecule has 2 aromatic rings. The average molecular weight is 418 g/mol. The highest BCUT2D eigenvalue weighted by molar-refractivity contribution is 9.10. The summed E-state index contributed by atoms with van der Waals surface area (Å²) >= 11 is 3.41. The Labute approximate surface area is 159 Å². The van der Waals surface area contributed by atoms with Crippen LogP contribution in [0.15, 0.2) is 34.9 Å². The number of carbonyl (C=O) groups is 1. The van der Waals surface area contributed by atoms with Crippen molar-refractivity contribution in [2.75, 3.05) is 5.01 Å². The number of benzene rings is 1. The van der Waals surface area contributed by atoms with Gasteiger partial charge in [0.25, 0.3) is 5.91 Å². The van der Waals surface area contributed by atoms with E-state index < -0.39 is 5.82 Å². The number of carbonyl (C=O) groups excluding carboxylic acids is 1. The second-order valence-electron chi connectivity index (χ2n) is 6.27. The Bertz CT molecular complexity index is 852. The average Bonchev–Trinajstić information content (AvgIpc) is 3.06. The maximum atomic E-state index is 13.1. The Balaban J connectivity index is 1.95. The number of hydrogen-bond donors (Lipinski definition) is 1. The number of amides is 1. The normalized spacial score (nSPS) is 19.0. The highest BCUT2D eigenvalue weighted by atomic mass is 79.9. The van der Waals surface area contributed by atoms with E-state index in [1.54, 1.807) is 5.01 Å². The first-order valence-electron chi connectivity index (χ1n) is 8.28. The molecule has 1 heterocycles. The van der Waals surface area contributed by atoms with E-state index in [0.29, 0.717) is 21.8 Å². The lowest BCUT2D eigenvalue weighted by Gasteiger charge is -2.33. The number of nitriles is 1. The van der Waals surface area contributed by atoms with Gasteiger partial charge in [-0.1, -0.05) is 13.3 Å². The topological polar surface area (TPSA) is 81.9 Å². The predicted octanol–water partition coefficient (Wildman–Crippen LogP) is 3.59. The molecule has 0 spiro atoms. The molecule has 1 saturated carbocycles. The summed E-state index contributed by atoms with van der Waals surface area (Å²) in [5, 5.41) is 10.8. The fraction of sp³-hybridized carbons (Fsp3) is 0.333. The molecule has 0 saturated heterocycles. The van der Waals surface area contributed by atoms with Gasteiger partial charge in [-0.25, -0.2) is 9.37 Å². The number of nitrogens with zero attached hydrogens (tertiary/aromatic N) is 4. The lowest BCUT2D eigenvalue weighted by molar-refractivity contribution is 0.0941. The molecule has 26 heavy (non-hydrogen) atoms. The van der Waals surface area contributed by atoms with Gasteiger partial charge >= 0.3 is 0 Å². The minimum absolute atomic E-state index is 0.0230. The molecule has 0 radical (unpaired) electrons. The minimum Gasteiger partial charge on any atom is -0.267 e. The summed E-state index contributed by atoms with van der Waals surface area (Å²) in [5.74, 6) is 0.0321. The Hall–Kier alpha value is -2.53. The molecule has 1 aliphatic carbocycles. The Morgan fingerprint density at radius 3 is 2.73 bits per heavy atom. The van der Waals surface area contributed by atoms with Gasteiger partial charge in [-0.15, -0.1) is 0 Å². The van der Waals surface area contributed by atoms with Crippen LogP contribution >= 0.6 is 15.9 Å². The lowest BCUT2D eigenvalue weighted by Crippen LogP contribution is -2.50. The molecule has 1 aromatic heterocycles. The van der Waals surface area contributed by atoms with E-state index in [1.807, 2.05) is 6.07 Å². The molecule has 1 amide bonds. The minimum atomic E-state index is -0.403. The number of hydrazine groups is 1. The van der Waals surface area contributed by atoms with Gasteiger partial charge in [-0.2, -0.15) is 10.2 Å². The van der Waals surface area contributed by atoms with Crippen LogP contribution in [0.5, 0.6) is 0 Å². The SMILES string of the molecule is C[C@H]1CCC[C@H]1N(NC(=O)c1ccc(F)cc1)c1nc(C#N)ncc1Br.